The van der Waals surface area contributed by atoms with E-state index in [1.54, 1.807) is 18.2 Å². The maximum atomic E-state index is 11.2. The number of thiol groups is 1. The van der Waals surface area contributed by atoms with E-state index in [-0.39, 0.29) is 10.6 Å². The van der Waals surface area contributed by atoms with Crippen molar-refractivity contribution in [2.45, 2.75) is 9.79 Å². The maximum Gasteiger partial charge on any atom is 0.270 e. The first-order valence-electron chi connectivity index (χ1n) is 6.29. The summed E-state index contributed by atoms with van der Waals surface area (Å²) in [4.78, 5) is 23.2. The van der Waals surface area contributed by atoms with Gasteiger partial charge in [0.25, 0.3) is 11.6 Å². The number of non-ortho nitro benzene ring substituents is 1. The Morgan fingerprint density at radius 1 is 1.26 bits per heavy atom. The minimum atomic E-state index is -0.706. The van der Waals surface area contributed by atoms with Gasteiger partial charge in [-0.3, -0.25) is 14.9 Å². The lowest BCUT2D eigenvalue weighted by Crippen LogP contribution is -2.10. The highest BCUT2D eigenvalue weighted by Gasteiger charge is 2.12. The molecule has 0 fully saturated rings. The lowest BCUT2D eigenvalue weighted by molar-refractivity contribution is -0.384. The smallest absolute Gasteiger partial charge is 0.270 e. The highest BCUT2D eigenvalue weighted by atomic mass is 35.5. The van der Waals surface area contributed by atoms with Crippen LogP contribution in [0.4, 0.5) is 5.69 Å². The van der Waals surface area contributed by atoms with Gasteiger partial charge in [-0.25, -0.2) is 0 Å². The number of nitrogens with zero attached hydrogens (tertiary/aromatic N) is 1. The quantitative estimate of drug-likeness (QED) is 0.360. The van der Waals surface area contributed by atoms with Crippen LogP contribution in [0.3, 0.4) is 0 Å². The molecular formula is C15H11ClN2O3S2. The molecule has 2 rings (SSSR count). The Morgan fingerprint density at radius 2 is 1.91 bits per heavy atom. The molecule has 0 aliphatic rings. The van der Waals surface area contributed by atoms with Gasteiger partial charge in [0.2, 0.25) is 0 Å². The third kappa shape index (κ3) is 4.75. The van der Waals surface area contributed by atoms with Gasteiger partial charge in [-0.15, -0.1) is 12.6 Å². The van der Waals surface area contributed by atoms with E-state index in [2.05, 4.69) is 12.6 Å². The second-order valence-electron chi connectivity index (χ2n) is 4.43. The molecule has 0 heterocycles. The summed E-state index contributed by atoms with van der Waals surface area (Å²) in [5.74, 6) is -0.706. The highest BCUT2D eigenvalue weighted by molar-refractivity contribution is 7.99. The zero-order chi connectivity index (χ0) is 17.0. The summed E-state index contributed by atoms with van der Waals surface area (Å²) in [6.07, 6.45) is 1.41. The number of halogens is 1. The molecule has 0 unspecified atom stereocenters. The molecule has 0 radical (unpaired) electrons. The number of primary amides is 1. The minimum absolute atomic E-state index is 0.0171. The number of carbonyl (C=O) groups excluding carboxylic acids is 1. The van der Waals surface area contributed by atoms with Crippen molar-refractivity contribution in [1.29, 1.82) is 0 Å². The van der Waals surface area contributed by atoms with Crippen LogP contribution >= 0.6 is 36.0 Å². The Balaban J connectivity index is 2.45. The van der Waals surface area contributed by atoms with E-state index < -0.39 is 10.8 Å². The first-order valence-corrected chi connectivity index (χ1v) is 7.93. The lowest BCUT2D eigenvalue weighted by Gasteiger charge is -2.07. The van der Waals surface area contributed by atoms with E-state index in [4.69, 9.17) is 17.3 Å². The largest absolute Gasteiger partial charge is 0.365 e. The number of nitro benzene ring substituents is 1. The van der Waals surface area contributed by atoms with E-state index in [0.29, 0.717) is 10.6 Å². The summed E-state index contributed by atoms with van der Waals surface area (Å²) in [6.45, 7) is 0. The fourth-order valence-corrected chi connectivity index (χ4v) is 2.87. The molecule has 5 nitrogen and oxygen atoms in total. The topological polar surface area (TPSA) is 86.2 Å². The molecule has 1 amide bonds. The second-order valence-corrected chi connectivity index (χ2v) is 6.46. The van der Waals surface area contributed by atoms with E-state index in [1.807, 2.05) is 12.1 Å². The van der Waals surface area contributed by atoms with Crippen LogP contribution in [0.15, 0.2) is 57.2 Å². The Morgan fingerprint density at radius 3 is 2.48 bits per heavy atom. The Labute approximate surface area is 147 Å². The van der Waals surface area contributed by atoms with Crippen molar-refractivity contribution in [2.24, 2.45) is 5.73 Å². The van der Waals surface area contributed by atoms with Crippen LogP contribution in [0.1, 0.15) is 5.56 Å². The van der Waals surface area contributed by atoms with Gasteiger partial charge < -0.3 is 5.73 Å². The van der Waals surface area contributed by atoms with E-state index in [0.717, 1.165) is 9.79 Å². The number of hydrogen-bond acceptors (Lipinski definition) is 5. The summed E-state index contributed by atoms with van der Waals surface area (Å²) in [5, 5.41) is 11.5. The fraction of sp³-hybridized carbons (Fsp3) is 0. The van der Waals surface area contributed by atoms with Gasteiger partial charge in [0, 0.05) is 26.9 Å². The lowest BCUT2D eigenvalue weighted by atomic mass is 10.2. The predicted molar refractivity (Wildman–Crippen MR) is 94.8 cm³/mol. The number of hydrogen-bond donors (Lipinski definition) is 2. The number of carbonyl (C=O) groups is 1. The summed E-state index contributed by atoms with van der Waals surface area (Å²) in [5.41, 5.74) is 5.57. The molecule has 2 N–H and O–H groups in total. The zero-order valence-electron chi connectivity index (χ0n) is 11.6. The molecule has 23 heavy (non-hydrogen) atoms. The van der Waals surface area contributed by atoms with Crippen LogP contribution < -0.4 is 5.73 Å². The van der Waals surface area contributed by atoms with E-state index in [1.165, 1.54) is 30.0 Å². The normalized spacial score (nSPS) is 11.3. The van der Waals surface area contributed by atoms with Crippen molar-refractivity contribution >= 4 is 53.7 Å². The molecule has 0 spiro atoms. The van der Waals surface area contributed by atoms with Gasteiger partial charge in [0.15, 0.2) is 0 Å². The standard InChI is InChI=1S/C15H11ClN2O3S2/c16-10-1-4-12(5-2-10)23-14-6-3-11(18(20)21)7-9(14)8-13(22)15(17)19/h1-8,22H,(H2,17,19)/b13-8-. The van der Waals surface area contributed by atoms with Crippen LogP contribution in [0.25, 0.3) is 6.08 Å². The van der Waals surface area contributed by atoms with Crippen LogP contribution in [0.5, 0.6) is 0 Å². The molecule has 0 bridgehead atoms. The van der Waals surface area contributed by atoms with Crippen molar-refractivity contribution in [2.75, 3.05) is 0 Å². The Kier molecular flexibility index (Phi) is 5.70. The zero-order valence-corrected chi connectivity index (χ0v) is 14.1. The molecule has 0 atom stereocenters. The molecule has 2 aromatic carbocycles. The molecule has 0 saturated carbocycles. The van der Waals surface area contributed by atoms with Crippen molar-refractivity contribution in [1.82, 2.24) is 0 Å². The minimum Gasteiger partial charge on any atom is -0.365 e. The number of benzene rings is 2. The molecule has 0 aliphatic carbocycles. The van der Waals surface area contributed by atoms with Crippen LogP contribution in [0, 0.1) is 10.1 Å². The Hall–Kier alpha value is -1.96. The Bertz CT molecular complexity index is 792. The third-order valence-electron chi connectivity index (χ3n) is 2.79. The highest BCUT2D eigenvalue weighted by Crippen LogP contribution is 2.34. The molecule has 0 aromatic heterocycles. The molecule has 2 aromatic rings. The molecule has 0 saturated heterocycles. The van der Waals surface area contributed by atoms with Crippen molar-refractivity contribution < 1.29 is 9.72 Å². The van der Waals surface area contributed by atoms with Crippen LogP contribution in [-0.4, -0.2) is 10.8 Å². The monoisotopic (exact) mass is 366 g/mol. The number of amides is 1. The maximum absolute atomic E-state index is 11.2. The SMILES string of the molecule is NC(=O)/C(S)=C/c1cc([N+](=O)[O-])ccc1Sc1ccc(Cl)cc1. The van der Waals surface area contributed by atoms with Crippen molar-refractivity contribution in [3.05, 3.63) is 68.1 Å². The molecule has 118 valence electrons. The van der Waals surface area contributed by atoms with E-state index >= 15 is 0 Å². The van der Waals surface area contributed by atoms with Gasteiger partial charge in [0.1, 0.15) is 0 Å². The molecular weight excluding hydrogens is 356 g/mol. The summed E-state index contributed by atoms with van der Waals surface area (Å²) in [6, 6.07) is 11.5. The van der Waals surface area contributed by atoms with Crippen molar-refractivity contribution in [3.63, 3.8) is 0 Å². The molecule has 0 aliphatic heterocycles. The summed E-state index contributed by atoms with van der Waals surface area (Å²) >= 11 is 11.2. The van der Waals surface area contributed by atoms with Crippen LogP contribution in [0.2, 0.25) is 5.02 Å². The van der Waals surface area contributed by atoms with Gasteiger partial charge in [-0.2, -0.15) is 0 Å². The first kappa shape index (κ1) is 17.4. The van der Waals surface area contributed by atoms with E-state index in [9.17, 15) is 14.9 Å². The van der Waals surface area contributed by atoms with Gasteiger partial charge in [0.05, 0.1) is 9.83 Å². The second kappa shape index (κ2) is 7.54. The number of rotatable bonds is 5. The first-order chi connectivity index (χ1) is 10.9. The number of nitro groups is 1. The van der Waals surface area contributed by atoms with Gasteiger partial charge >= 0.3 is 0 Å². The van der Waals surface area contributed by atoms with Gasteiger partial charge in [-0.05, 0) is 42.0 Å². The molecule has 8 heteroatoms. The summed E-state index contributed by atoms with van der Waals surface area (Å²) < 4.78 is 0. The average molecular weight is 367 g/mol. The van der Waals surface area contributed by atoms with Crippen molar-refractivity contribution in [3.8, 4) is 0 Å². The average Bonchev–Trinajstić information content (AvgIpc) is 2.50. The number of nitrogens with two attached hydrogens (primary N) is 1. The summed E-state index contributed by atoms with van der Waals surface area (Å²) in [7, 11) is 0. The predicted octanol–water partition coefficient (Wildman–Crippen LogP) is 4.16. The van der Waals surface area contributed by atoms with Crippen LogP contribution in [-0.2, 0) is 4.79 Å². The fourth-order valence-electron chi connectivity index (χ4n) is 1.70. The third-order valence-corrected chi connectivity index (χ3v) is 4.49. The van der Waals surface area contributed by atoms with Gasteiger partial charge in [-0.1, -0.05) is 23.4 Å².